The molecule has 0 saturated carbocycles. The lowest BCUT2D eigenvalue weighted by Gasteiger charge is -2.13. The average molecular weight is 320 g/mol. The number of anilines is 3. The largest absolute Gasteiger partial charge is 0.495 e. The summed E-state index contributed by atoms with van der Waals surface area (Å²) in [6.45, 7) is 6.40. The van der Waals surface area contributed by atoms with Crippen LogP contribution in [0.2, 0.25) is 0 Å². The van der Waals surface area contributed by atoms with E-state index in [1.54, 1.807) is 13.2 Å². The monoisotopic (exact) mass is 320 g/mol. The number of fused-ring (bicyclic) bond motifs is 1. The first kappa shape index (κ1) is 15.8. The minimum Gasteiger partial charge on any atom is -0.495 e. The maximum absolute atomic E-state index is 5.41. The van der Waals surface area contributed by atoms with Crippen LogP contribution in [0, 0.1) is 6.92 Å². The predicted octanol–water partition coefficient (Wildman–Crippen LogP) is 4.29. The van der Waals surface area contributed by atoms with Crippen LogP contribution in [-0.4, -0.2) is 23.6 Å². The molecule has 0 fully saturated rings. The molecular formula is C19H20N4O. The van der Waals surface area contributed by atoms with E-state index in [1.807, 2.05) is 49.4 Å². The molecule has 0 atom stereocenters. The number of para-hydroxylation sites is 1. The molecule has 3 aromatic rings. The number of nitrogens with one attached hydrogen (secondary N) is 2. The third kappa shape index (κ3) is 3.30. The van der Waals surface area contributed by atoms with Crippen molar-refractivity contribution in [3.63, 3.8) is 0 Å². The molecule has 0 aliphatic carbocycles. The van der Waals surface area contributed by atoms with Crippen molar-refractivity contribution in [3.8, 4) is 5.75 Å². The number of benzene rings is 2. The van der Waals surface area contributed by atoms with E-state index in [2.05, 4.69) is 27.2 Å². The zero-order chi connectivity index (χ0) is 16.9. The van der Waals surface area contributed by atoms with Gasteiger partial charge in [-0.1, -0.05) is 24.3 Å². The maximum Gasteiger partial charge on any atom is 0.229 e. The van der Waals surface area contributed by atoms with Gasteiger partial charge < -0.3 is 15.4 Å². The molecule has 2 aromatic carbocycles. The summed E-state index contributed by atoms with van der Waals surface area (Å²) in [4.78, 5) is 9.20. The van der Waals surface area contributed by atoms with E-state index < -0.39 is 0 Å². The Hall–Kier alpha value is -3.08. The van der Waals surface area contributed by atoms with Crippen molar-refractivity contribution >= 4 is 28.4 Å². The first-order chi connectivity index (χ1) is 11.7. The van der Waals surface area contributed by atoms with Gasteiger partial charge in [-0.05, 0) is 36.8 Å². The zero-order valence-electron chi connectivity index (χ0n) is 13.8. The van der Waals surface area contributed by atoms with E-state index in [4.69, 9.17) is 4.74 Å². The van der Waals surface area contributed by atoms with E-state index in [1.165, 1.54) is 0 Å². The molecule has 0 bridgehead atoms. The van der Waals surface area contributed by atoms with Gasteiger partial charge in [0, 0.05) is 11.9 Å². The van der Waals surface area contributed by atoms with E-state index in [0.717, 1.165) is 33.7 Å². The van der Waals surface area contributed by atoms with Gasteiger partial charge in [0.2, 0.25) is 5.95 Å². The fourth-order valence-corrected chi connectivity index (χ4v) is 2.48. The Balaban J connectivity index is 2.03. The Morgan fingerprint density at radius 2 is 2.00 bits per heavy atom. The second kappa shape index (κ2) is 7.00. The number of nitrogens with zero attached hydrogens (tertiary/aromatic N) is 2. The number of aromatic nitrogens is 2. The average Bonchev–Trinajstić information content (AvgIpc) is 2.60. The normalized spacial score (nSPS) is 10.4. The van der Waals surface area contributed by atoms with Crippen LogP contribution in [-0.2, 0) is 0 Å². The van der Waals surface area contributed by atoms with Gasteiger partial charge in [0.15, 0.2) is 0 Å². The number of rotatable bonds is 6. The Bertz CT molecular complexity index is 876. The number of ether oxygens (including phenoxy) is 1. The van der Waals surface area contributed by atoms with Crippen molar-refractivity contribution < 1.29 is 4.74 Å². The molecule has 5 nitrogen and oxygen atoms in total. The van der Waals surface area contributed by atoms with Crippen molar-refractivity contribution in [2.75, 3.05) is 24.3 Å². The van der Waals surface area contributed by atoms with Crippen LogP contribution in [0.15, 0.2) is 55.1 Å². The summed E-state index contributed by atoms with van der Waals surface area (Å²) in [5.41, 5.74) is 2.83. The highest BCUT2D eigenvalue weighted by Crippen LogP contribution is 2.29. The first-order valence-corrected chi connectivity index (χ1v) is 7.74. The van der Waals surface area contributed by atoms with Crippen molar-refractivity contribution in [1.82, 2.24) is 9.97 Å². The fraction of sp³-hybridized carbons (Fsp3) is 0.158. The number of hydrogen-bond donors (Lipinski definition) is 2. The molecule has 122 valence electrons. The molecule has 1 heterocycles. The Morgan fingerprint density at radius 1 is 1.17 bits per heavy atom. The van der Waals surface area contributed by atoms with Crippen LogP contribution >= 0.6 is 0 Å². The van der Waals surface area contributed by atoms with Gasteiger partial charge in [-0.15, -0.1) is 6.58 Å². The highest BCUT2D eigenvalue weighted by molar-refractivity contribution is 5.90. The third-order valence-corrected chi connectivity index (χ3v) is 3.62. The maximum atomic E-state index is 5.41. The summed E-state index contributed by atoms with van der Waals surface area (Å²) in [5, 5.41) is 7.50. The van der Waals surface area contributed by atoms with Gasteiger partial charge in [0.05, 0.1) is 18.3 Å². The highest BCUT2D eigenvalue weighted by Gasteiger charge is 2.09. The van der Waals surface area contributed by atoms with Gasteiger partial charge in [0.1, 0.15) is 11.6 Å². The van der Waals surface area contributed by atoms with E-state index in [-0.39, 0.29) is 0 Å². The molecule has 0 amide bonds. The second-order valence-electron chi connectivity index (χ2n) is 5.41. The summed E-state index contributed by atoms with van der Waals surface area (Å²) in [5.74, 6) is 2.04. The Kier molecular flexibility index (Phi) is 4.61. The van der Waals surface area contributed by atoms with Crippen LogP contribution < -0.4 is 15.4 Å². The quantitative estimate of drug-likeness (QED) is 0.664. The lowest BCUT2D eigenvalue weighted by Crippen LogP contribution is -2.06. The summed E-state index contributed by atoms with van der Waals surface area (Å²) >= 11 is 0. The molecule has 1 aromatic heterocycles. The molecule has 3 rings (SSSR count). The molecule has 0 saturated heterocycles. The number of aryl methyl sites for hydroxylation is 1. The molecule has 0 unspecified atom stereocenters. The Labute approximate surface area is 141 Å². The predicted molar refractivity (Wildman–Crippen MR) is 99.2 cm³/mol. The molecule has 5 heteroatoms. The number of hydrogen-bond acceptors (Lipinski definition) is 5. The van der Waals surface area contributed by atoms with E-state index >= 15 is 0 Å². The first-order valence-electron chi connectivity index (χ1n) is 7.74. The van der Waals surface area contributed by atoms with Gasteiger partial charge in [-0.3, -0.25) is 0 Å². The van der Waals surface area contributed by atoms with Crippen molar-refractivity contribution in [2.24, 2.45) is 0 Å². The van der Waals surface area contributed by atoms with E-state index in [9.17, 15) is 0 Å². The minimum absolute atomic E-state index is 0.518. The molecule has 0 aliphatic rings. The van der Waals surface area contributed by atoms with Gasteiger partial charge in [-0.25, -0.2) is 4.98 Å². The molecular weight excluding hydrogens is 300 g/mol. The van der Waals surface area contributed by atoms with Crippen molar-refractivity contribution in [2.45, 2.75) is 6.92 Å². The summed E-state index contributed by atoms with van der Waals surface area (Å²) in [6.07, 6.45) is 1.80. The molecule has 0 spiro atoms. The zero-order valence-corrected chi connectivity index (χ0v) is 13.8. The van der Waals surface area contributed by atoms with Gasteiger partial charge in [0.25, 0.3) is 0 Å². The molecule has 24 heavy (non-hydrogen) atoms. The highest BCUT2D eigenvalue weighted by atomic mass is 16.5. The topological polar surface area (TPSA) is 59.1 Å². The van der Waals surface area contributed by atoms with Crippen LogP contribution in [0.5, 0.6) is 5.75 Å². The smallest absolute Gasteiger partial charge is 0.229 e. The second-order valence-corrected chi connectivity index (χ2v) is 5.41. The standard InChI is InChI=1S/C19H20N4O/c1-4-11-20-18-14-7-5-6-8-15(14)21-19(23-18)22-16-12-13(2)9-10-17(16)24-3/h4-10,12H,1,11H2,2-3H3,(H2,20,21,22,23). The molecule has 2 N–H and O–H groups in total. The Morgan fingerprint density at radius 3 is 2.79 bits per heavy atom. The lowest BCUT2D eigenvalue weighted by molar-refractivity contribution is 0.416. The molecule has 0 aliphatic heterocycles. The van der Waals surface area contributed by atoms with Crippen LogP contribution in [0.1, 0.15) is 5.56 Å². The fourth-order valence-electron chi connectivity index (χ4n) is 2.48. The SMILES string of the molecule is C=CCNc1nc(Nc2cc(C)ccc2OC)nc2ccccc12. The summed E-state index contributed by atoms with van der Waals surface area (Å²) in [6, 6.07) is 13.8. The van der Waals surface area contributed by atoms with Crippen LogP contribution in [0.3, 0.4) is 0 Å². The van der Waals surface area contributed by atoms with Crippen LogP contribution in [0.25, 0.3) is 10.9 Å². The molecule has 0 radical (unpaired) electrons. The van der Waals surface area contributed by atoms with Crippen LogP contribution in [0.4, 0.5) is 17.5 Å². The minimum atomic E-state index is 0.518. The van der Waals surface area contributed by atoms with Gasteiger partial charge in [-0.2, -0.15) is 4.98 Å². The summed E-state index contributed by atoms with van der Waals surface area (Å²) in [7, 11) is 1.65. The van der Waals surface area contributed by atoms with Crippen molar-refractivity contribution in [3.05, 3.63) is 60.7 Å². The van der Waals surface area contributed by atoms with E-state index in [0.29, 0.717) is 12.5 Å². The summed E-state index contributed by atoms with van der Waals surface area (Å²) < 4.78 is 5.41. The van der Waals surface area contributed by atoms with Gasteiger partial charge >= 0.3 is 0 Å². The lowest BCUT2D eigenvalue weighted by atomic mass is 10.2. The number of methoxy groups -OCH3 is 1. The third-order valence-electron chi connectivity index (χ3n) is 3.62. The van der Waals surface area contributed by atoms with Crippen molar-refractivity contribution in [1.29, 1.82) is 0 Å².